The van der Waals surface area contributed by atoms with Crippen molar-refractivity contribution in [2.45, 2.75) is 30.2 Å². The van der Waals surface area contributed by atoms with Crippen LogP contribution >= 0.6 is 15.9 Å². The summed E-state index contributed by atoms with van der Waals surface area (Å²) < 4.78 is 40.5. The van der Waals surface area contributed by atoms with Gasteiger partial charge in [-0.3, -0.25) is 4.90 Å². The summed E-state index contributed by atoms with van der Waals surface area (Å²) in [6.07, 6.45) is 3.25. The summed E-state index contributed by atoms with van der Waals surface area (Å²) in [5, 5.41) is 0. The van der Waals surface area contributed by atoms with Gasteiger partial charge in [-0.05, 0) is 66.5 Å². The normalized spacial score (nSPS) is 24.8. The van der Waals surface area contributed by atoms with Gasteiger partial charge in [0.2, 0.25) is 10.0 Å². The molecule has 0 aromatic heterocycles. The van der Waals surface area contributed by atoms with Gasteiger partial charge in [-0.1, -0.05) is 0 Å². The Labute approximate surface area is 133 Å². The topological polar surface area (TPSA) is 40.6 Å². The second kappa shape index (κ2) is 5.95. The predicted octanol–water partition coefficient (Wildman–Crippen LogP) is 2.45. The van der Waals surface area contributed by atoms with Crippen LogP contribution in [0.5, 0.6) is 0 Å². The average molecular weight is 377 g/mol. The molecule has 1 aromatic rings. The van der Waals surface area contributed by atoms with E-state index in [9.17, 15) is 12.8 Å². The Bertz CT molecular complexity index is 632. The molecule has 0 amide bonds. The molecule has 7 heteroatoms. The molecule has 2 aliphatic rings. The van der Waals surface area contributed by atoms with Crippen molar-refractivity contribution in [3.05, 3.63) is 28.5 Å². The molecule has 1 unspecified atom stereocenters. The zero-order valence-corrected chi connectivity index (χ0v) is 14.0. The van der Waals surface area contributed by atoms with E-state index >= 15 is 0 Å². The summed E-state index contributed by atoms with van der Waals surface area (Å²) in [6.45, 7) is 3.15. The summed E-state index contributed by atoms with van der Waals surface area (Å²) in [5.74, 6) is -0.550. The van der Waals surface area contributed by atoms with Crippen LogP contribution in [0.25, 0.3) is 0 Å². The molecule has 2 aliphatic heterocycles. The smallest absolute Gasteiger partial charge is 0.243 e. The number of nitrogens with zero attached hydrogens (tertiary/aromatic N) is 2. The SMILES string of the molecule is O=S(=O)(c1ccc(Br)c(F)c1)N1CCC(N2CCCC2)C1. The number of hydrogen-bond donors (Lipinski definition) is 0. The van der Waals surface area contributed by atoms with E-state index < -0.39 is 15.8 Å². The third kappa shape index (κ3) is 3.02. The molecule has 0 radical (unpaired) electrons. The third-order valence-corrected chi connectivity index (χ3v) is 6.82. The first kappa shape index (κ1) is 15.4. The minimum Gasteiger partial charge on any atom is -0.299 e. The molecule has 2 saturated heterocycles. The van der Waals surface area contributed by atoms with Crippen LogP contribution in [-0.2, 0) is 10.0 Å². The van der Waals surface area contributed by atoms with Gasteiger partial charge in [0, 0.05) is 19.1 Å². The lowest BCUT2D eigenvalue weighted by Crippen LogP contribution is -2.37. The molecule has 2 heterocycles. The van der Waals surface area contributed by atoms with Crippen LogP contribution in [0.15, 0.2) is 27.6 Å². The first-order valence-corrected chi connectivity index (χ1v) is 9.41. The number of likely N-dealkylation sites (tertiary alicyclic amines) is 1. The van der Waals surface area contributed by atoms with Gasteiger partial charge in [0.05, 0.1) is 9.37 Å². The van der Waals surface area contributed by atoms with Crippen LogP contribution in [0.1, 0.15) is 19.3 Å². The maximum Gasteiger partial charge on any atom is 0.243 e. The maximum absolute atomic E-state index is 13.6. The Morgan fingerprint density at radius 1 is 1.19 bits per heavy atom. The second-order valence-corrected chi connectivity index (χ2v) is 8.42. The molecule has 21 heavy (non-hydrogen) atoms. The number of halogens is 2. The second-order valence-electron chi connectivity index (χ2n) is 5.62. The van der Waals surface area contributed by atoms with Crippen molar-refractivity contribution < 1.29 is 12.8 Å². The maximum atomic E-state index is 13.6. The number of sulfonamides is 1. The van der Waals surface area contributed by atoms with Crippen molar-refractivity contribution in [3.63, 3.8) is 0 Å². The van der Waals surface area contributed by atoms with E-state index in [1.807, 2.05) is 0 Å². The standard InChI is InChI=1S/C14H18BrFN2O2S/c15-13-4-3-12(9-14(13)16)21(19,20)18-8-5-11(10-18)17-6-1-2-7-17/h3-4,9,11H,1-2,5-8,10H2. The highest BCUT2D eigenvalue weighted by molar-refractivity contribution is 9.10. The highest BCUT2D eigenvalue weighted by Gasteiger charge is 2.36. The molecule has 0 bridgehead atoms. The van der Waals surface area contributed by atoms with Crippen molar-refractivity contribution in [2.24, 2.45) is 0 Å². The van der Waals surface area contributed by atoms with E-state index in [0.717, 1.165) is 25.6 Å². The fraction of sp³-hybridized carbons (Fsp3) is 0.571. The van der Waals surface area contributed by atoms with Gasteiger partial charge in [-0.2, -0.15) is 4.31 Å². The van der Waals surface area contributed by atoms with Crippen molar-refractivity contribution >= 4 is 26.0 Å². The van der Waals surface area contributed by atoms with Crippen molar-refractivity contribution in [1.82, 2.24) is 9.21 Å². The molecule has 1 atom stereocenters. The largest absolute Gasteiger partial charge is 0.299 e. The first-order chi connectivity index (χ1) is 9.98. The summed E-state index contributed by atoms with van der Waals surface area (Å²) in [6, 6.07) is 4.28. The zero-order chi connectivity index (χ0) is 15.0. The fourth-order valence-corrected chi connectivity index (χ4v) is 4.87. The van der Waals surface area contributed by atoms with E-state index in [4.69, 9.17) is 0 Å². The quantitative estimate of drug-likeness (QED) is 0.813. The van der Waals surface area contributed by atoms with E-state index in [2.05, 4.69) is 20.8 Å². The van der Waals surface area contributed by atoms with Crippen molar-refractivity contribution in [1.29, 1.82) is 0 Å². The van der Waals surface area contributed by atoms with Gasteiger partial charge in [0.1, 0.15) is 5.82 Å². The Hall–Kier alpha value is -0.500. The van der Waals surface area contributed by atoms with Crippen LogP contribution in [0.2, 0.25) is 0 Å². The van der Waals surface area contributed by atoms with E-state index in [0.29, 0.717) is 19.1 Å². The predicted molar refractivity (Wildman–Crippen MR) is 82.1 cm³/mol. The van der Waals surface area contributed by atoms with Crippen LogP contribution < -0.4 is 0 Å². The minimum absolute atomic E-state index is 0.0327. The lowest BCUT2D eigenvalue weighted by Gasteiger charge is -2.23. The summed E-state index contributed by atoms with van der Waals surface area (Å²) >= 11 is 3.04. The Balaban J connectivity index is 1.77. The molecule has 0 aliphatic carbocycles. The van der Waals surface area contributed by atoms with Gasteiger partial charge < -0.3 is 0 Å². The van der Waals surface area contributed by atoms with Gasteiger partial charge in [-0.15, -0.1) is 0 Å². The molecule has 1 aromatic carbocycles. The molecule has 0 N–H and O–H groups in total. The Morgan fingerprint density at radius 3 is 2.57 bits per heavy atom. The fourth-order valence-electron chi connectivity index (χ4n) is 3.12. The number of hydrogen-bond acceptors (Lipinski definition) is 3. The van der Waals surface area contributed by atoms with E-state index in [1.54, 1.807) is 0 Å². The van der Waals surface area contributed by atoms with E-state index in [1.165, 1.54) is 29.3 Å². The van der Waals surface area contributed by atoms with Gasteiger partial charge in [-0.25, -0.2) is 12.8 Å². The average Bonchev–Trinajstić information content (AvgIpc) is 3.11. The molecular weight excluding hydrogens is 359 g/mol. The van der Waals surface area contributed by atoms with Crippen molar-refractivity contribution in [3.8, 4) is 0 Å². The summed E-state index contributed by atoms with van der Waals surface area (Å²) in [7, 11) is -3.59. The molecule has 0 spiro atoms. The molecular formula is C14H18BrFN2O2S. The van der Waals surface area contributed by atoms with Gasteiger partial charge in [0.15, 0.2) is 0 Å². The van der Waals surface area contributed by atoms with Crippen LogP contribution in [0, 0.1) is 5.82 Å². The Morgan fingerprint density at radius 2 is 1.90 bits per heavy atom. The molecule has 2 fully saturated rings. The van der Waals surface area contributed by atoms with Gasteiger partial charge in [0.25, 0.3) is 0 Å². The minimum atomic E-state index is -3.59. The first-order valence-electron chi connectivity index (χ1n) is 7.18. The highest BCUT2D eigenvalue weighted by atomic mass is 79.9. The molecule has 0 saturated carbocycles. The summed E-state index contributed by atoms with van der Waals surface area (Å²) in [4.78, 5) is 2.41. The highest BCUT2D eigenvalue weighted by Crippen LogP contribution is 2.27. The van der Waals surface area contributed by atoms with Crippen LogP contribution in [0.4, 0.5) is 4.39 Å². The number of benzene rings is 1. The Kier molecular flexibility index (Phi) is 4.36. The third-order valence-electron chi connectivity index (χ3n) is 4.31. The zero-order valence-electron chi connectivity index (χ0n) is 11.6. The lowest BCUT2D eigenvalue weighted by molar-refractivity contribution is 0.251. The van der Waals surface area contributed by atoms with Crippen LogP contribution in [-0.4, -0.2) is 49.8 Å². The lowest BCUT2D eigenvalue weighted by atomic mass is 10.2. The molecule has 116 valence electrons. The van der Waals surface area contributed by atoms with Crippen molar-refractivity contribution in [2.75, 3.05) is 26.2 Å². The van der Waals surface area contributed by atoms with Gasteiger partial charge >= 0.3 is 0 Å². The number of rotatable bonds is 3. The monoisotopic (exact) mass is 376 g/mol. The van der Waals surface area contributed by atoms with E-state index in [-0.39, 0.29) is 9.37 Å². The van der Waals surface area contributed by atoms with Crippen LogP contribution in [0.3, 0.4) is 0 Å². The molecule has 3 rings (SSSR count). The summed E-state index contributed by atoms with van der Waals surface area (Å²) in [5.41, 5.74) is 0. The molecule has 4 nitrogen and oxygen atoms in total.